The summed E-state index contributed by atoms with van der Waals surface area (Å²) in [6, 6.07) is 5.80. The van der Waals surface area contributed by atoms with Crippen LogP contribution in [0.3, 0.4) is 0 Å². The number of amides is 1. The largest absolute Gasteiger partial charge is 0.399 e. The number of nitrogen functional groups attached to an aromatic ring is 1. The molecule has 1 aromatic rings. The van der Waals surface area contributed by atoms with Crippen molar-refractivity contribution in [1.82, 2.24) is 4.72 Å². The normalized spacial score (nSPS) is 41.4. The number of hydrogen-bond donors (Lipinski definition) is 4. The lowest BCUT2D eigenvalue weighted by atomic mass is 9.43. The van der Waals surface area contributed by atoms with Gasteiger partial charge in [-0.2, -0.15) is 0 Å². The van der Waals surface area contributed by atoms with E-state index < -0.39 is 15.9 Å². The second-order valence-electron chi connectivity index (χ2n) is 13.5. The Morgan fingerprint density at radius 3 is 2.47 bits per heavy atom. The van der Waals surface area contributed by atoms with E-state index in [1.165, 1.54) is 37.1 Å². The van der Waals surface area contributed by atoms with Gasteiger partial charge in [-0.25, -0.2) is 13.1 Å². The molecule has 0 spiro atoms. The predicted molar refractivity (Wildman–Crippen MR) is 147 cm³/mol. The van der Waals surface area contributed by atoms with Gasteiger partial charge in [0.15, 0.2) is 0 Å². The molecule has 8 heteroatoms. The van der Waals surface area contributed by atoms with Gasteiger partial charge in [-0.05, 0) is 128 Å². The van der Waals surface area contributed by atoms with Crippen molar-refractivity contribution >= 4 is 21.6 Å². The molecule has 0 unspecified atom stereocenters. The topological polar surface area (TPSA) is 130 Å². The van der Waals surface area contributed by atoms with Gasteiger partial charge in [-0.15, -0.1) is 0 Å². The number of aliphatic hydroxyl groups is 2. The number of nitrogens with one attached hydrogen (secondary N) is 1. The summed E-state index contributed by atoms with van der Waals surface area (Å²) in [7, 11) is -3.93. The first-order valence-corrected chi connectivity index (χ1v) is 16.1. The molecule has 0 radical (unpaired) electrons. The van der Waals surface area contributed by atoms with Crippen LogP contribution in [0.1, 0.15) is 85.0 Å². The van der Waals surface area contributed by atoms with Crippen LogP contribution in [0.2, 0.25) is 0 Å². The summed E-state index contributed by atoms with van der Waals surface area (Å²) in [5.41, 5.74) is 6.14. The Labute approximate surface area is 228 Å². The molecule has 212 valence electrons. The van der Waals surface area contributed by atoms with Crippen LogP contribution in [0.15, 0.2) is 29.2 Å². The Bertz CT molecular complexity index is 1140. The maximum absolute atomic E-state index is 12.6. The van der Waals surface area contributed by atoms with E-state index in [2.05, 4.69) is 25.5 Å². The minimum atomic E-state index is -3.93. The van der Waals surface area contributed by atoms with E-state index in [0.29, 0.717) is 41.7 Å². The molecule has 10 atom stereocenters. The molecule has 5 rings (SSSR count). The van der Waals surface area contributed by atoms with Crippen molar-refractivity contribution in [1.29, 1.82) is 0 Å². The number of aliphatic hydroxyl groups excluding tert-OH is 2. The lowest BCUT2D eigenvalue weighted by molar-refractivity contribution is -0.174. The number of hydrogen-bond acceptors (Lipinski definition) is 6. The lowest BCUT2D eigenvalue weighted by Gasteiger charge is -2.62. The molecule has 0 saturated heterocycles. The number of fused-ring (bicyclic) bond motifs is 5. The van der Waals surface area contributed by atoms with Crippen molar-refractivity contribution in [3.8, 4) is 0 Å². The smallest absolute Gasteiger partial charge is 0.264 e. The van der Waals surface area contributed by atoms with Crippen molar-refractivity contribution in [2.24, 2.45) is 46.3 Å². The van der Waals surface area contributed by atoms with E-state index in [4.69, 9.17) is 5.73 Å². The third kappa shape index (κ3) is 4.68. The molecule has 0 heterocycles. The molecule has 1 aromatic carbocycles. The van der Waals surface area contributed by atoms with Crippen molar-refractivity contribution in [2.45, 2.75) is 102 Å². The van der Waals surface area contributed by atoms with Crippen molar-refractivity contribution in [3.63, 3.8) is 0 Å². The van der Waals surface area contributed by atoms with Crippen molar-refractivity contribution in [2.75, 3.05) is 5.73 Å². The molecule has 0 aromatic heterocycles. The highest BCUT2D eigenvalue weighted by Gasteiger charge is 2.63. The van der Waals surface area contributed by atoms with Crippen molar-refractivity contribution < 1.29 is 23.4 Å². The number of rotatable bonds is 6. The average molecular weight is 547 g/mol. The zero-order valence-electron chi connectivity index (χ0n) is 23.1. The minimum Gasteiger partial charge on any atom is -0.399 e. The summed E-state index contributed by atoms with van der Waals surface area (Å²) in [4.78, 5) is 12.7. The van der Waals surface area contributed by atoms with Crippen LogP contribution in [-0.4, -0.2) is 36.7 Å². The molecule has 38 heavy (non-hydrogen) atoms. The van der Waals surface area contributed by atoms with E-state index >= 15 is 0 Å². The standard InChI is InChI=1S/C30H46N2O5S/c1-18(4-13-28(35)32-38(36,37)22-8-6-20(31)7-9-22)24-11-12-25-23-10-5-19-16-21(33)14-15-29(19,2)26(23)17-27(34)30(24,25)3/h6-9,18-19,21,23-27,33-34H,4-5,10-17,31H2,1-3H3,(H,32,35)/t18-,19+,21+,23+,24-,25+,26+,27+,29+,30-/m1/s1. The fourth-order valence-electron chi connectivity index (χ4n) is 9.63. The Morgan fingerprint density at radius 1 is 1.05 bits per heavy atom. The van der Waals surface area contributed by atoms with Gasteiger partial charge < -0.3 is 15.9 Å². The number of sulfonamides is 1. The highest BCUT2D eigenvalue weighted by molar-refractivity contribution is 7.90. The first-order chi connectivity index (χ1) is 17.9. The summed E-state index contributed by atoms with van der Waals surface area (Å²) in [6.07, 6.45) is 8.41. The van der Waals surface area contributed by atoms with Gasteiger partial charge in [0.05, 0.1) is 17.1 Å². The first-order valence-electron chi connectivity index (χ1n) is 14.6. The van der Waals surface area contributed by atoms with Crippen LogP contribution in [0, 0.1) is 46.3 Å². The molecule has 4 aliphatic rings. The molecule has 4 saturated carbocycles. The molecule has 0 aliphatic heterocycles. The van der Waals surface area contributed by atoms with Gasteiger partial charge >= 0.3 is 0 Å². The lowest BCUT2D eigenvalue weighted by Crippen LogP contribution is -2.58. The molecule has 4 aliphatic carbocycles. The first kappa shape index (κ1) is 27.9. The van der Waals surface area contributed by atoms with E-state index in [1.807, 2.05) is 0 Å². The van der Waals surface area contributed by atoms with Gasteiger partial charge in [-0.3, -0.25) is 4.79 Å². The second-order valence-corrected chi connectivity index (χ2v) is 15.2. The fourth-order valence-corrected chi connectivity index (χ4v) is 10.6. The molecule has 1 amide bonds. The maximum atomic E-state index is 12.6. The Morgan fingerprint density at radius 2 is 1.76 bits per heavy atom. The molecule has 4 fully saturated rings. The Balaban J connectivity index is 1.23. The van der Waals surface area contributed by atoms with Crippen LogP contribution in [-0.2, 0) is 14.8 Å². The fraction of sp³-hybridized carbons (Fsp3) is 0.767. The van der Waals surface area contributed by atoms with Gasteiger partial charge in [-0.1, -0.05) is 20.8 Å². The molecule has 0 bridgehead atoms. The molecular formula is C30H46N2O5S. The summed E-state index contributed by atoms with van der Waals surface area (Å²) in [6.45, 7) is 6.89. The van der Waals surface area contributed by atoms with Crippen LogP contribution in [0.25, 0.3) is 0 Å². The van der Waals surface area contributed by atoms with Crippen LogP contribution in [0.5, 0.6) is 0 Å². The highest BCUT2D eigenvalue weighted by atomic mass is 32.2. The van der Waals surface area contributed by atoms with Crippen molar-refractivity contribution in [3.05, 3.63) is 24.3 Å². The van der Waals surface area contributed by atoms with E-state index in [-0.39, 0.29) is 40.3 Å². The maximum Gasteiger partial charge on any atom is 0.264 e. The van der Waals surface area contributed by atoms with Crippen LogP contribution < -0.4 is 10.5 Å². The minimum absolute atomic E-state index is 0.0232. The number of carbonyl (C=O) groups excluding carboxylic acids is 1. The second kappa shape index (κ2) is 10.1. The van der Waals surface area contributed by atoms with E-state index in [0.717, 1.165) is 38.5 Å². The predicted octanol–water partition coefficient (Wildman–Crippen LogP) is 4.48. The number of carbonyl (C=O) groups is 1. The van der Waals surface area contributed by atoms with Gasteiger partial charge in [0.2, 0.25) is 5.91 Å². The number of anilines is 1. The third-order valence-corrected chi connectivity index (χ3v) is 13.2. The average Bonchev–Trinajstić information content (AvgIpc) is 3.22. The van der Waals surface area contributed by atoms with Crippen LogP contribution >= 0.6 is 0 Å². The summed E-state index contributed by atoms with van der Waals surface area (Å²) in [5, 5.41) is 22.0. The zero-order valence-corrected chi connectivity index (χ0v) is 23.9. The number of benzene rings is 1. The SMILES string of the molecule is C[C@H](CCC(=O)NS(=O)(=O)c1ccc(N)cc1)[C@H]1CC[C@H]2[C@@H]3CC[C@H]4C[C@@H](O)CC[C@]4(C)[C@H]3C[C@H](O)[C@]12C. The quantitative estimate of drug-likeness (QED) is 0.389. The van der Waals surface area contributed by atoms with Crippen LogP contribution in [0.4, 0.5) is 5.69 Å². The third-order valence-electron chi connectivity index (χ3n) is 11.8. The number of nitrogens with two attached hydrogens (primary N) is 1. The molecule has 5 N–H and O–H groups in total. The highest BCUT2D eigenvalue weighted by Crippen LogP contribution is 2.68. The monoisotopic (exact) mass is 546 g/mol. The van der Waals surface area contributed by atoms with E-state index in [1.54, 1.807) is 0 Å². The van der Waals surface area contributed by atoms with Gasteiger partial charge in [0, 0.05) is 12.1 Å². The summed E-state index contributed by atoms with van der Waals surface area (Å²) >= 11 is 0. The van der Waals surface area contributed by atoms with Gasteiger partial charge in [0.25, 0.3) is 10.0 Å². The zero-order chi connectivity index (χ0) is 27.5. The Hall–Kier alpha value is -1.64. The molecule has 7 nitrogen and oxygen atoms in total. The Kier molecular flexibility index (Phi) is 7.40. The molecular weight excluding hydrogens is 500 g/mol. The summed E-state index contributed by atoms with van der Waals surface area (Å²) < 4.78 is 27.4. The van der Waals surface area contributed by atoms with E-state index in [9.17, 15) is 23.4 Å². The van der Waals surface area contributed by atoms with Gasteiger partial charge in [0.1, 0.15) is 0 Å². The summed E-state index contributed by atoms with van der Waals surface area (Å²) in [5.74, 6) is 2.19.